The number of aromatic hydroxyl groups is 1. The quantitative estimate of drug-likeness (QED) is 0.386. The van der Waals surface area contributed by atoms with Gasteiger partial charge in [0.2, 0.25) is 5.13 Å². The molecule has 3 aromatic rings. The Balaban J connectivity index is 1.75. The Kier molecular flexibility index (Phi) is 4.25. The number of hydrogen-bond acceptors (Lipinski definition) is 6. The largest absolute Gasteiger partial charge is 0.508 e. The maximum absolute atomic E-state index is 9.53. The number of nitrogens with zero attached hydrogens (tertiary/aromatic N) is 2. The second-order valence-electron chi connectivity index (χ2n) is 5.02. The van der Waals surface area contributed by atoms with Crippen molar-refractivity contribution in [1.82, 2.24) is 4.98 Å². The van der Waals surface area contributed by atoms with Crippen molar-refractivity contribution in [2.45, 2.75) is 6.92 Å². The molecule has 0 bridgehead atoms. The van der Waals surface area contributed by atoms with Crippen molar-refractivity contribution in [2.75, 3.05) is 11.2 Å². The summed E-state index contributed by atoms with van der Waals surface area (Å²) in [6.07, 6.45) is 0. The lowest BCUT2D eigenvalue weighted by Gasteiger charge is -2.02. The highest BCUT2D eigenvalue weighted by molar-refractivity contribution is 7.14. The lowest BCUT2D eigenvalue weighted by atomic mass is 10.1. The van der Waals surface area contributed by atoms with E-state index in [0.717, 1.165) is 22.5 Å². The molecule has 0 aliphatic heterocycles. The summed E-state index contributed by atoms with van der Waals surface area (Å²) in [6, 6.07) is 14.6. The van der Waals surface area contributed by atoms with Crippen LogP contribution in [0.4, 0.5) is 10.8 Å². The summed E-state index contributed by atoms with van der Waals surface area (Å²) in [5.41, 5.74) is 12.9. The number of hydrazone groups is 1. The Bertz CT molecular complexity index is 857. The second-order valence-corrected chi connectivity index (χ2v) is 5.88. The van der Waals surface area contributed by atoms with Crippen LogP contribution in [-0.4, -0.2) is 15.8 Å². The number of aromatic nitrogens is 1. The molecule has 116 valence electrons. The molecule has 0 atom stereocenters. The number of anilines is 2. The van der Waals surface area contributed by atoms with Crippen LogP contribution in [0.1, 0.15) is 12.5 Å². The fourth-order valence-corrected chi connectivity index (χ4v) is 2.74. The summed E-state index contributed by atoms with van der Waals surface area (Å²) in [7, 11) is 0. The van der Waals surface area contributed by atoms with E-state index in [-0.39, 0.29) is 5.75 Å². The fourth-order valence-electron chi connectivity index (χ4n) is 2.08. The number of nitrogens with two attached hydrogens (primary N) is 1. The normalized spacial score (nSPS) is 11.4. The molecule has 0 saturated heterocycles. The third-order valence-corrected chi connectivity index (χ3v) is 4.02. The van der Waals surface area contributed by atoms with Crippen molar-refractivity contribution in [3.63, 3.8) is 0 Å². The number of rotatable bonds is 4. The molecular weight excluding hydrogens is 308 g/mol. The summed E-state index contributed by atoms with van der Waals surface area (Å²) < 4.78 is 0. The number of nitrogens with one attached hydrogen (secondary N) is 1. The van der Waals surface area contributed by atoms with E-state index in [4.69, 9.17) is 5.73 Å². The van der Waals surface area contributed by atoms with E-state index >= 15 is 0 Å². The number of phenols is 1. The summed E-state index contributed by atoms with van der Waals surface area (Å²) >= 11 is 1.45. The predicted octanol–water partition coefficient (Wildman–Crippen LogP) is 3.93. The molecule has 3 rings (SSSR count). The molecule has 23 heavy (non-hydrogen) atoms. The number of benzene rings is 2. The molecule has 0 spiro atoms. The maximum atomic E-state index is 9.53. The molecule has 0 unspecified atom stereocenters. The molecular formula is C17H16N4OS. The first-order chi connectivity index (χ1) is 11.1. The molecule has 6 heteroatoms. The summed E-state index contributed by atoms with van der Waals surface area (Å²) in [5, 5.41) is 16.5. The van der Waals surface area contributed by atoms with Gasteiger partial charge in [0.05, 0.1) is 11.4 Å². The van der Waals surface area contributed by atoms with Crippen molar-refractivity contribution in [3.8, 4) is 17.0 Å². The van der Waals surface area contributed by atoms with Gasteiger partial charge in [0, 0.05) is 16.6 Å². The first kappa shape index (κ1) is 15.1. The minimum Gasteiger partial charge on any atom is -0.508 e. The van der Waals surface area contributed by atoms with Gasteiger partial charge in [0.25, 0.3) is 0 Å². The van der Waals surface area contributed by atoms with Crippen molar-refractivity contribution in [1.29, 1.82) is 0 Å². The first-order valence-corrected chi connectivity index (χ1v) is 7.91. The van der Waals surface area contributed by atoms with E-state index in [2.05, 4.69) is 15.5 Å². The Labute approximate surface area is 138 Å². The lowest BCUT2D eigenvalue weighted by Crippen LogP contribution is -2.00. The van der Waals surface area contributed by atoms with Gasteiger partial charge in [0.15, 0.2) is 0 Å². The molecule has 4 N–H and O–H groups in total. The van der Waals surface area contributed by atoms with E-state index in [9.17, 15) is 5.11 Å². The van der Waals surface area contributed by atoms with Crippen LogP contribution in [0.5, 0.6) is 5.75 Å². The van der Waals surface area contributed by atoms with Gasteiger partial charge < -0.3 is 10.8 Å². The Morgan fingerprint density at radius 1 is 1.22 bits per heavy atom. The monoisotopic (exact) mass is 324 g/mol. The average molecular weight is 324 g/mol. The fraction of sp³-hybridized carbons (Fsp3) is 0.0588. The summed E-state index contributed by atoms with van der Waals surface area (Å²) in [6.45, 7) is 1.91. The Morgan fingerprint density at radius 3 is 2.83 bits per heavy atom. The molecule has 0 amide bonds. The number of nitrogen functional groups attached to an aromatic ring is 1. The van der Waals surface area contributed by atoms with E-state index in [0.29, 0.717) is 10.8 Å². The zero-order valence-electron chi connectivity index (χ0n) is 12.5. The van der Waals surface area contributed by atoms with Crippen molar-refractivity contribution >= 4 is 27.9 Å². The SMILES string of the molecule is CC(=NNc1nc(-c2cccc(O)c2)cs1)c1cccc(N)c1. The van der Waals surface area contributed by atoms with E-state index in [1.807, 2.05) is 42.6 Å². The highest BCUT2D eigenvalue weighted by atomic mass is 32.1. The van der Waals surface area contributed by atoms with Crippen LogP contribution >= 0.6 is 11.3 Å². The van der Waals surface area contributed by atoms with Gasteiger partial charge in [-0.15, -0.1) is 11.3 Å². The van der Waals surface area contributed by atoms with Crippen LogP contribution in [0.15, 0.2) is 59.0 Å². The first-order valence-electron chi connectivity index (χ1n) is 7.03. The molecule has 0 saturated carbocycles. The van der Waals surface area contributed by atoms with Gasteiger partial charge in [0.1, 0.15) is 5.75 Å². The van der Waals surface area contributed by atoms with Gasteiger partial charge in [-0.05, 0) is 36.8 Å². The number of thiazole rings is 1. The molecule has 5 nitrogen and oxygen atoms in total. The number of hydrogen-bond donors (Lipinski definition) is 3. The highest BCUT2D eigenvalue weighted by Crippen LogP contribution is 2.27. The molecule has 0 aliphatic carbocycles. The third-order valence-electron chi connectivity index (χ3n) is 3.27. The molecule has 0 fully saturated rings. The van der Waals surface area contributed by atoms with Crippen molar-refractivity contribution in [2.24, 2.45) is 5.10 Å². The van der Waals surface area contributed by atoms with E-state index < -0.39 is 0 Å². The third kappa shape index (κ3) is 3.67. The minimum absolute atomic E-state index is 0.223. The highest BCUT2D eigenvalue weighted by Gasteiger charge is 2.05. The maximum Gasteiger partial charge on any atom is 0.203 e. The standard InChI is InChI=1S/C17H16N4OS/c1-11(12-4-2-6-14(18)8-12)20-21-17-19-16(10-23-17)13-5-3-7-15(22)9-13/h2-10,22H,18H2,1H3,(H,19,21). The van der Waals surface area contributed by atoms with E-state index in [1.165, 1.54) is 11.3 Å². The van der Waals surface area contributed by atoms with E-state index in [1.54, 1.807) is 18.2 Å². The number of phenolic OH excluding ortho intramolecular Hbond substituents is 1. The molecule has 1 aromatic heterocycles. The summed E-state index contributed by atoms with van der Waals surface area (Å²) in [5.74, 6) is 0.223. The average Bonchev–Trinajstić information content (AvgIpc) is 3.01. The van der Waals surface area contributed by atoms with Crippen LogP contribution in [0.2, 0.25) is 0 Å². The van der Waals surface area contributed by atoms with Crippen LogP contribution in [0.25, 0.3) is 11.3 Å². The van der Waals surface area contributed by atoms with Crippen LogP contribution in [-0.2, 0) is 0 Å². The van der Waals surface area contributed by atoms with Gasteiger partial charge in [-0.1, -0.05) is 24.3 Å². The zero-order chi connectivity index (χ0) is 16.2. The molecule has 0 aliphatic rings. The van der Waals surface area contributed by atoms with Gasteiger partial charge in [-0.2, -0.15) is 5.10 Å². The zero-order valence-corrected chi connectivity index (χ0v) is 13.3. The predicted molar refractivity (Wildman–Crippen MR) is 95.9 cm³/mol. The lowest BCUT2D eigenvalue weighted by molar-refractivity contribution is 0.475. The van der Waals surface area contributed by atoms with Gasteiger partial charge in [-0.25, -0.2) is 4.98 Å². The minimum atomic E-state index is 0.223. The van der Waals surface area contributed by atoms with Gasteiger partial charge >= 0.3 is 0 Å². The second kappa shape index (κ2) is 6.50. The topological polar surface area (TPSA) is 83.5 Å². The van der Waals surface area contributed by atoms with Gasteiger partial charge in [-0.3, -0.25) is 5.43 Å². The molecule has 0 radical (unpaired) electrons. The smallest absolute Gasteiger partial charge is 0.203 e. The van der Waals surface area contributed by atoms with Crippen LogP contribution < -0.4 is 11.2 Å². The van der Waals surface area contributed by atoms with Crippen molar-refractivity contribution < 1.29 is 5.11 Å². The molecule has 2 aromatic carbocycles. The summed E-state index contributed by atoms with van der Waals surface area (Å²) in [4.78, 5) is 4.47. The van der Waals surface area contributed by atoms with Crippen LogP contribution in [0.3, 0.4) is 0 Å². The molecule has 1 heterocycles. The van der Waals surface area contributed by atoms with Crippen molar-refractivity contribution in [3.05, 3.63) is 59.5 Å². The Morgan fingerprint density at radius 2 is 2.04 bits per heavy atom. The Hall–Kier alpha value is -2.86. The van der Waals surface area contributed by atoms with Crippen LogP contribution in [0, 0.1) is 0 Å².